The Kier molecular flexibility index (Phi) is 2.42. The lowest BCUT2D eigenvalue weighted by atomic mass is 10.0. The van der Waals surface area contributed by atoms with E-state index in [9.17, 15) is 4.79 Å². The van der Waals surface area contributed by atoms with E-state index in [4.69, 9.17) is 4.74 Å². The summed E-state index contributed by atoms with van der Waals surface area (Å²) in [6.07, 6.45) is 3.85. The highest BCUT2D eigenvalue weighted by Gasteiger charge is 2.38. The Morgan fingerprint density at radius 1 is 1.38 bits per heavy atom. The summed E-state index contributed by atoms with van der Waals surface area (Å²) in [6.45, 7) is 4.21. The van der Waals surface area contributed by atoms with Gasteiger partial charge >= 0.3 is 6.09 Å². The lowest BCUT2D eigenvalue weighted by Gasteiger charge is -2.15. The van der Waals surface area contributed by atoms with E-state index in [-0.39, 0.29) is 6.09 Å². The molecule has 1 saturated carbocycles. The number of ether oxygens (including phenoxy) is 1. The molecule has 74 valence electrons. The molecule has 0 N–H and O–H groups in total. The minimum Gasteiger partial charge on any atom is -0.450 e. The number of carbonyl (C=O) groups is 1. The third kappa shape index (κ3) is 1.64. The van der Waals surface area contributed by atoms with Crippen molar-refractivity contribution in [1.82, 2.24) is 4.90 Å². The predicted octanol–water partition coefficient (Wildman–Crippen LogP) is 1.87. The summed E-state index contributed by atoms with van der Waals surface area (Å²) in [5.74, 6) is 1.54. The normalized spacial score (nSPS) is 31.9. The lowest BCUT2D eigenvalue weighted by Crippen LogP contribution is -2.30. The minimum absolute atomic E-state index is 0.114. The second kappa shape index (κ2) is 3.56. The van der Waals surface area contributed by atoms with Crippen molar-refractivity contribution in [1.29, 1.82) is 0 Å². The highest BCUT2D eigenvalue weighted by atomic mass is 16.6. The van der Waals surface area contributed by atoms with Gasteiger partial charge in [0.1, 0.15) is 0 Å². The Morgan fingerprint density at radius 2 is 2.00 bits per heavy atom. The summed E-state index contributed by atoms with van der Waals surface area (Å²) in [7, 11) is 0. The maximum atomic E-state index is 11.4. The molecule has 3 nitrogen and oxygen atoms in total. The second-order valence-corrected chi connectivity index (χ2v) is 4.05. The number of rotatable bonds is 1. The fourth-order valence-electron chi connectivity index (χ4n) is 2.60. The fourth-order valence-corrected chi connectivity index (χ4v) is 2.60. The van der Waals surface area contributed by atoms with E-state index in [0.717, 1.165) is 24.9 Å². The standard InChI is InChI=1S/C10H17NO2/c1-2-13-10(12)11-6-8-4-3-5-9(8)7-11/h8-9H,2-7H2,1H3. The molecule has 0 aromatic rings. The van der Waals surface area contributed by atoms with Crippen LogP contribution in [0.3, 0.4) is 0 Å². The summed E-state index contributed by atoms with van der Waals surface area (Å²) < 4.78 is 4.98. The first-order chi connectivity index (χ1) is 6.31. The van der Waals surface area contributed by atoms with Crippen molar-refractivity contribution in [2.24, 2.45) is 11.8 Å². The highest BCUT2D eigenvalue weighted by molar-refractivity contribution is 5.68. The molecular weight excluding hydrogens is 166 g/mol. The number of carbonyl (C=O) groups excluding carboxylic acids is 1. The quantitative estimate of drug-likeness (QED) is 0.621. The summed E-state index contributed by atoms with van der Waals surface area (Å²) in [5, 5.41) is 0. The summed E-state index contributed by atoms with van der Waals surface area (Å²) in [5.41, 5.74) is 0. The first-order valence-corrected chi connectivity index (χ1v) is 5.23. The Morgan fingerprint density at radius 3 is 2.54 bits per heavy atom. The van der Waals surface area contributed by atoms with Gasteiger partial charge in [-0.2, -0.15) is 0 Å². The van der Waals surface area contributed by atoms with E-state index in [0.29, 0.717) is 6.61 Å². The molecule has 2 rings (SSSR count). The van der Waals surface area contributed by atoms with Crippen LogP contribution in [-0.4, -0.2) is 30.7 Å². The molecule has 1 saturated heterocycles. The topological polar surface area (TPSA) is 29.5 Å². The van der Waals surface area contributed by atoms with Gasteiger partial charge in [0.25, 0.3) is 0 Å². The Bertz CT molecular complexity index is 193. The van der Waals surface area contributed by atoms with Crippen LogP contribution in [0, 0.1) is 11.8 Å². The number of likely N-dealkylation sites (tertiary alicyclic amines) is 1. The van der Waals surface area contributed by atoms with Crippen LogP contribution >= 0.6 is 0 Å². The number of nitrogens with zero attached hydrogens (tertiary/aromatic N) is 1. The van der Waals surface area contributed by atoms with Gasteiger partial charge in [-0.3, -0.25) is 0 Å². The van der Waals surface area contributed by atoms with Crippen molar-refractivity contribution in [3.05, 3.63) is 0 Å². The Balaban J connectivity index is 1.87. The summed E-state index contributed by atoms with van der Waals surface area (Å²) in [4.78, 5) is 13.3. The van der Waals surface area contributed by atoms with Crippen molar-refractivity contribution < 1.29 is 9.53 Å². The smallest absolute Gasteiger partial charge is 0.409 e. The molecule has 1 amide bonds. The molecule has 1 aliphatic carbocycles. The third-order valence-corrected chi connectivity index (χ3v) is 3.25. The zero-order valence-corrected chi connectivity index (χ0v) is 8.16. The zero-order valence-electron chi connectivity index (χ0n) is 8.16. The second-order valence-electron chi connectivity index (χ2n) is 4.05. The molecule has 2 unspecified atom stereocenters. The van der Waals surface area contributed by atoms with Gasteiger partial charge in [-0.1, -0.05) is 6.42 Å². The average molecular weight is 183 g/mol. The van der Waals surface area contributed by atoms with Crippen LogP contribution in [-0.2, 0) is 4.74 Å². The Labute approximate surface area is 79.0 Å². The van der Waals surface area contributed by atoms with Gasteiger partial charge in [0.15, 0.2) is 0 Å². The van der Waals surface area contributed by atoms with Crippen LogP contribution in [0.4, 0.5) is 4.79 Å². The van der Waals surface area contributed by atoms with Gasteiger partial charge in [-0.15, -0.1) is 0 Å². The average Bonchev–Trinajstić information content (AvgIpc) is 2.61. The molecule has 0 bridgehead atoms. The maximum Gasteiger partial charge on any atom is 0.409 e. The van der Waals surface area contributed by atoms with Crippen LogP contribution in [0.5, 0.6) is 0 Å². The molecule has 2 aliphatic rings. The molecule has 0 aromatic carbocycles. The molecule has 0 spiro atoms. The SMILES string of the molecule is CCOC(=O)N1CC2CCCC2C1. The molecule has 0 radical (unpaired) electrons. The third-order valence-electron chi connectivity index (χ3n) is 3.25. The van der Waals surface area contributed by atoms with Gasteiger partial charge < -0.3 is 9.64 Å². The predicted molar refractivity (Wildman–Crippen MR) is 49.4 cm³/mol. The van der Waals surface area contributed by atoms with E-state index in [2.05, 4.69) is 0 Å². The van der Waals surface area contributed by atoms with Crippen molar-refractivity contribution >= 4 is 6.09 Å². The Hall–Kier alpha value is -0.730. The molecule has 1 aliphatic heterocycles. The minimum atomic E-state index is -0.114. The van der Waals surface area contributed by atoms with Crippen molar-refractivity contribution in [2.75, 3.05) is 19.7 Å². The van der Waals surface area contributed by atoms with Gasteiger partial charge in [-0.25, -0.2) is 4.79 Å². The molecule has 13 heavy (non-hydrogen) atoms. The van der Waals surface area contributed by atoms with Crippen LogP contribution in [0.1, 0.15) is 26.2 Å². The number of fused-ring (bicyclic) bond motifs is 1. The molecular formula is C10H17NO2. The zero-order chi connectivity index (χ0) is 9.26. The van der Waals surface area contributed by atoms with Gasteiger partial charge in [0.05, 0.1) is 6.61 Å². The van der Waals surface area contributed by atoms with Crippen molar-refractivity contribution in [3.63, 3.8) is 0 Å². The first kappa shape index (κ1) is 8.85. The van der Waals surface area contributed by atoms with E-state index in [1.165, 1.54) is 19.3 Å². The van der Waals surface area contributed by atoms with Gasteiger partial charge in [0.2, 0.25) is 0 Å². The number of hydrogen-bond acceptors (Lipinski definition) is 2. The van der Waals surface area contributed by atoms with Crippen molar-refractivity contribution in [2.45, 2.75) is 26.2 Å². The van der Waals surface area contributed by atoms with E-state index < -0.39 is 0 Å². The molecule has 2 fully saturated rings. The summed E-state index contributed by atoms with van der Waals surface area (Å²) >= 11 is 0. The van der Waals surface area contributed by atoms with Crippen LogP contribution in [0.15, 0.2) is 0 Å². The maximum absolute atomic E-state index is 11.4. The van der Waals surface area contributed by atoms with Crippen LogP contribution in [0.2, 0.25) is 0 Å². The fraction of sp³-hybridized carbons (Fsp3) is 0.900. The van der Waals surface area contributed by atoms with E-state index in [1.54, 1.807) is 0 Å². The lowest BCUT2D eigenvalue weighted by molar-refractivity contribution is 0.113. The van der Waals surface area contributed by atoms with E-state index in [1.807, 2.05) is 11.8 Å². The first-order valence-electron chi connectivity index (χ1n) is 5.23. The number of amides is 1. The molecule has 2 atom stereocenters. The largest absolute Gasteiger partial charge is 0.450 e. The van der Waals surface area contributed by atoms with Gasteiger partial charge in [-0.05, 0) is 31.6 Å². The highest BCUT2D eigenvalue weighted by Crippen LogP contribution is 2.37. The molecule has 3 heteroatoms. The summed E-state index contributed by atoms with van der Waals surface area (Å²) in [6, 6.07) is 0. The number of hydrogen-bond donors (Lipinski definition) is 0. The molecule has 1 heterocycles. The monoisotopic (exact) mass is 183 g/mol. The van der Waals surface area contributed by atoms with Crippen LogP contribution in [0.25, 0.3) is 0 Å². The van der Waals surface area contributed by atoms with Crippen LogP contribution < -0.4 is 0 Å². The molecule has 0 aromatic heterocycles. The van der Waals surface area contributed by atoms with E-state index >= 15 is 0 Å². The van der Waals surface area contributed by atoms with Gasteiger partial charge in [0, 0.05) is 13.1 Å². The van der Waals surface area contributed by atoms with Crippen molar-refractivity contribution in [3.8, 4) is 0 Å².